The van der Waals surface area contributed by atoms with E-state index in [1.165, 1.54) is 6.20 Å². The molecular weight excluding hydrogens is 294 g/mol. The van der Waals surface area contributed by atoms with E-state index in [1.54, 1.807) is 37.7 Å². The van der Waals surface area contributed by atoms with E-state index >= 15 is 0 Å². The number of nitrogens with one attached hydrogen (secondary N) is 2. The Kier molecular flexibility index (Phi) is 5.66. The van der Waals surface area contributed by atoms with Crippen LogP contribution >= 0.6 is 0 Å². The molecule has 0 aliphatic carbocycles. The Labute approximate surface area is 133 Å². The van der Waals surface area contributed by atoms with Crippen LogP contribution in [-0.4, -0.2) is 23.0 Å². The van der Waals surface area contributed by atoms with Crippen LogP contribution < -0.4 is 15.4 Å². The number of aromatic nitrogens is 2. The average molecular weight is 309 g/mol. The highest BCUT2D eigenvalue weighted by Crippen LogP contribution is 2.11. The van der Waals surface area contributed by atoms with Crippen LogP contribution in [0.3, 0.4) is 0 Å². The number of nitrogens with zero attached hydrogens (tertiary/aromatic N) is 3. The maximum absolute atomic E-state index is 12.0. The summed E-state index contributed by atoms with van der Waals surface area (Å²) in [7, 11) is 1.59. The summed E-state index contributed by atoms with van der Waals surface area (Å²) in [5.74, 6) is 0.569. The van der Waals surface area contributed by atoms with Crippen LogP contribution in [0.5, 0.6) is 5.75 Å². The SMILES string of the molecule is COc1ccc(CNC(=O)/C(C#N)=C\Nc2ncccn2)cc1. The van der Waals surface area contributed by atoms with Gasteiger partial charge in [-0.2, -0.15) is 5.26 Å². The van der Waals surface area contributed by atoms with Crippen molar-refractivity contribution in [2.24, 2.45) is 0 Å². The Balaban J connectivity index is 1.93. The van der Waals surface area contributed by atoms with Crippen molar-refractivity contribution in [1.29, 1.82) is 5.26 Å². The lowest BCUT2D eigenvalue weighted by Gasteiger charge is -2.06. The first-order valence-electron chi connectivity index (χ1n) is 6.78. The summed E-state index contributed by atoms with van der Waals surface area (Å²) in [6.45, 7) is 0.309. The summed E-state index contributed by atoms with van der Waals surface area (Å²) < 4.78 is 5.06. The lowest BCUT2D eigenvalue weighted by Crippen LogP contribution is -2.24. The number of carbonyl (C=O) groups is 1. The number of nitriles is 1. The van der Waals surface area contributed by atoms with E-state index in [9.17, 15) is 4.79 Å². The summed E-state index contributed by atoms with van der Waals surface area (Å²) in [6.07, 6.45) is 4.39. The maximum atomic E-state index is 12.0. The monoisotopic (exact) mass is 309 g/mol. The summed E-state index contributed by atoms with van der Waals surface area (Å²) in [5.41, 5.74) is 0.835. The van der Waals surface area contributed by atoms with Gasteiger partial charge in [0.1, 0.15) is 17.4 Å². The molecule has 0 radical (unpaired) electrons. The summed E-state index contributed by atoms with van der Waals surface area (Å²) in [5, 5.41) is 14.4. The normalized spacial score (nSPS) is 10.5. The molecule has 0 spiro atoms. The van der Waals surface area contributed by atoms with Crippen LogP contribution in [0.1, 0.15) is 5.56 Å². The molecule has 7 nitrogen and oxygen atoms in total. The fourth-order valence-electron chi connectivity index (χ4n) is 1.68. The molecule has 1 aromatic heterocycles. The van der Waals surface area contributed by atoms with Gasteiger partial charge in [0.25, 0.3) is 5.91 Å². The van der Waals surface area contributed by atoms with Gasteiger partial charge in [-0.05, 0) is 23.8 Å². The molecule has 7 heteroatoms. The van der Waals surface area contributed by atoms with E-state index in [-0.39, 0.29) is 5.57 Å². The van der Waals surface area contributed by atoms with Crippen molar-refractivity contribution in [3.05, 3.63) is 60.1 Å². The number of carbonyl (C=O) groups excluding carboxylic acids is 1. The van der Waals surface area contributed by atoms with Gasteiger partial charge in [-0.25, -0.2) is 9.97 Å². The molecule has 23 heavy (non-hydrogen) atoms. The van der Waals surface area contributed by atoms with Gasteiger partial charge in [-0.1, -0.05) is 12.1 Å². The van der Waals surface area contributed by atoms with Gasteiger partial charge in [0.15, 0.2) is 0 Å². The van der Waals surface area contributed by atoms with Gasteiger partial charge in [-0.3, -0.25) is 4.79 Å². The number of ether oxygens (including phenoxy) is 1. The van der Waals surface area contributed by atoms with Crippen molar-refractivity contribution in [2.45, 2.75) is 6.54 Å². The van der Waals surface area contributed by atoms with Crippen molar-refractivity contribution in [3.63, 3.8) is 0 Å². The van der Waals surface area contributed by atoms with E-state index in [2.05, 4.69) is 20.6 Å². The molecule has 1 heterocycles. The van der Waals surface area contributed by atoms with E-state index < -0.39 is 5.91 Å². The molecule has 1 aromatic carbocycles. The maximum Gasteiger partial charge on any atom is 0.263 e. The number of methoxy groups -OCH3 is 1. The second-order valence-corrected chi connectivity index (χ2v) is 4.42. The Hall–Kier alpha value is -3.40. The van der Waals surface area contributed by atoms with Gasteiger partial charge < -0.3 is 15.4 Å². The quantitative estimate of drug-likeness (QED) is 0.621. The molecular formula is C16H15N5O2. The lowest BCUT2D eigenvalue weighted by molar-refractivity contribution is -0.117. The van der Waals surface area contributed by atoms with Gasteiger partial charge in [0.05, 0.1) is 7.11 Å². The molecule has 0 aliphatic rings. The van der Waals surface area contributed by atoms with Crippen LogP contribution in [0.25, 0.3) is 0 Å². The molecule has 1 amide bonds. The topological polar surface area (TPSA) is 99.9 Å². The van der Waals surface area contributed by atoms with E-state index in [0.717, 1.165) is 11.3 Å². The van der Waals surface area contributed by atoms with E-state index in [0.29, 0.717) is 12.5 Å². The van der Waals surface area contributed by atoms with Crippen LogP contribution in [0.4, 0.5) is 5.95 Å². The third-order valence-corrected chi connectivity index (χ3v) is 2.89. The third-order valence-electron chi connectivity index (χ3n) is 2.89. The molecule has 0 saturated carbocycles. The first kappa shape index (κ1) is 16.0. The summed E-state index contributed by atoms with van der Waals surface area (Å²) in [6, 6.07) is 10.8. The van der Waals surface area contributed by atoms with Crippen molar-refractivity contribution < 1.29 is 9.53 Å². The first-order chi connectivity index (χ1) is 11.2. The number of amides is 1. The minimum Gasteiger partial charge on any atom is -0.497 e. The second kappa shape index (κ2) is 8.14. The predicted molar refractivity (Wildman–Crippen MR) is 84.2 cm³/mol. The van der Waals surface area contributed by atoms with Crippen LogP contribution in [0.15, 0.2) is 54.5 Å². The molecule has 2 N–H and O–H groups in total. The van der Waals surface area contributed by atoms with Crippen molar-refractivity contribution >= 4 is 11.9 Å². The number of rotatable bonds is 6. The van der Waals surface area contributed by atoms with Crippen LogP contribution in [0.2, 0.25) is 0 Å². The lowest BCUT2D eigenvalue weighted by atomic mass is 10.2. The minimum atomic E-state index is -0.480. The molecule has 0 bridgehead atoms. The standard InChI is InChI=1S/C16H15N5O2/c1-23-14-5-3-12(4-6-14)10-20-15(22)13(9-17)11-21-16-18-7-2-8-19-16/h2-8,11H,10H2,1H3,(H,20,22)(H,18,19,21)/b13-11-. The Morgan fingerprint density at radius 1 is 1.30 bits per heavy atom. The van der Waals surface area contributed by atoms with Gasteiger partial charge in [-0.15, -0.1) is 0 Å². The third kappa shape index (κ3) is 4.82. The zero-order chi connectivity index (χ0) is 16.5. The fraction of sp³-hybridized carbons (Fsp3) is 0.125. The van der Waals surface area contributed by atoms with Crippen molar-refractivity contribution in [2.75, 3.05) is 12.4 Å². The highest BCUT2D eigenvalue weighted by Gasteiger charge is 2.08. The number of hydrogen-bond donors (Lipinski definition) is 2. The van der Waals surface area contributed by atoms with Crippen LogP contribution in [0, 0.1) is 11.3 Å². The molecule has 0 atom stereocenters. The molecule has 0 aliphatic heterocycles. The second-order valence-electron chi connectivity index (χ2n) is 4.42. The first-order valence-corrected chi connectivity index (χ1v) is 6.78. The smallest absolute Gasteiger partial charge is 0.263 e. The number of anilines is 1. The van der Waals surface area contributed by atoms with Crippen LogP contribution in [-0.2, 0) is 11.3 Å². The largest absolute Gasteiger partial charge is 0.497 e. The molecule has 116 valence electrons. The molecule has 2 aromatic rings. The number of benzene rings is 1. The summed E-state index contributed by atoms with van der Waals surface area (Å²) >= 11 is 0. The Morgan fingerprint density at radius 3 is 2.61 bits per heavy atom. The molecule has 2 rings (SSSR count). The zero-order valence-electron chi connectivity index (χ0n) is 12.5. The number of hydrogen-bond acceptors (Lipinski definition) is 6. The van der Waals surface area contributed by atoms with Crippen molar-refractivity contribution in [1.82, 2.24) is 15.3 Å². The van der Waals surface area contributed by atoms with E-state index in [4.69, 9.17) is 10.00 Å². The van der Waals surface area contributed by atoms with Gasteiger partial charge >= 0.3 is 0 Å². The summed E-state index contributed by atoms with van der Waals surface area (Å²) in [4.78, 5) is 19.9. The Morgan fingerprint density at radius 2 is 2.00 bits per heavy atom. The molecule has 0 unspecified atom stereocenters. The minimum absolute atomic E-state index is 0.0639. The van der Waals surface area contributed by atoms with Gasteiger partial charge in [0.2, 0.25) is 5.95 Å². The molecule has 0 saturated heterocycles. The molecule has 0 fully saturated rings. The zero-order valence-corrected chi connectivity index (χ0v) is 12.5. The Bertz CT molecular complexity index is 720. The fourth-order valence-corrected chi connectivity index (χ4v) is 1.68. The highest BCUT2D eigenvalue weighted by atomic mass is 16.5. The van der Waals surface area contributed by atoms with Crippen molar-refractivity contribution in [3.8, 4) is 11.8 Å². The highest BCUT2D eigenvalue weighted by molar-refractivity contribution is 5.97. The predicted octanol–water partition coefficient (Wildman–Crippen LogP) is 1.62. The van der Waals surface area contributed by atoms with Gasteiger partial charge in [0, 0.05) is 25.1 Å². The van der Waals surface area contributed by atoms with E-state index in [1.807, 2.05) is 18.2 Å². The average Bonchev–Trinajstić information content (AvgIpc) is 2.61.